The third-order valence-corrected chi connectivity index (χ3v) is 3.59. The van der Waals surface area contributed by atoms with Crippen molar-refractivity contribution in [3.63, 3.8) is 0 Å². The van der Waals surface area contributed by atoms with Gasteiger partial charge in [0.05, 0.1) is 6.20 Å². The molecule has 3 heteroatoms. The second-order valence-electron chi connectivity index (χ2n) is 4.92. The summed E-state index contributed by atoms with van der Waals surface area (Å²) < 4.78 is 1.84. The van der Waals surface area contributed by atoms with Gasteiger partial charge in [-0.25, -0.2) is 0 Å². The molecule has 84 valence electrons. The summed E-state index contributed by atoms with van der Waals surface area (Å²) in [5.74, 6) is 0. The number of nitrogens with zero attached hydrogens (tertiary/aromatic N) is 2. The van der Waals surface area contributed by atoms with Crippen LogP contribution in [0.5, 0.6) is 0 Å². The first-order valence-electron chi connectivity index (χ1n) is 5.82. The summed E-state index contributed by atoms with van der Waals surface area (Å²) in [6.45, 7) is 0.321. The number of hydrogen-bond donors (Lipinski definition) is 1. The molecule has 1 aromatic heterocycles. The zero-order valence-electron chi connectivity index (χ0n) is 9.45. The number of aryl methyl sites for hydroxylation is 1. The van der Waals surface area contributed by atoms with Crippen molar-refractivity contribution in [2.24, 2.45) is 12.5 Å². The number of hydrogen-bond acceptors (Lipinski definition) is 2. The van der Waals surface area contributed by atoms with Crippen LogP contribution in [0.1, 0.15) is 37.7 Å². The van der Waals surface area contributed by atoms with Crippen LogP contribution in [0.25, 0.3) is 0 Å². The molecule has 1 fully saturated rings. The summed E-state index contributed by atoms with van der Waals surface area (Å²) in [5.41, 5.74) is 1.40. The SMILES string of the molecule is Cn1cc(CC2(CO)CCCCC2)cn1. The first-order valence-corrected chi connectivity index (χ1v) is 5.82. The minimum absolute atomic E-state index is 0.140. The molecule has 0 aromatic carbocycles. The Balaban J connectivity index is 2.06. The van der Waals surface area contributed by atoms with E-state index in [4.69, 9.17) is 0 Å². The Morgan fingerprint density at radius 1 is 1.40 bits per heavy atom. The average molecular weight is 208 g/mol. The molecule has 0 spiro atoms. The molecular formula is C12H20N2O. The van der Waals surface area contributed by atoms with Crippen molar-refractivity contribution < 1.29 is 5.11 Å². The summed E-state index contributed by atoms with van der Waals surface area (Å²) in [6, 6.07) is 0. The Labute approximate surface area is 91.1 Å². The van der Waals surface area contributed by atoms with Crippen molar-refractivity contribution in [2.75, 3.05) is 6.61 Å². The highest BCUT2D eigenvalue weighted by atomic mass is 16.3. The Bertz CT molecular complexity index is 313. The van der Waals surface area contributed by atoms with E-state index >= 15 is 0 Å². The van der Waals surface area contributed by atoms with Gasteiger partial charge in [-0.05, 0) is 30.2 Å². The van der Waals surface area contributed by atoms with Gasteiger partial charge in [-0.1, -0.05) is 19.3 Å². The lowest BCUT2D eigenvalue weighted by Crippen LogP contribution is -2.30. The van der Waals surface area contributed by atoms with E-state index in [0.717, 1.165) is 6.42 Å². The van der Waals surface area contributed by atoms with Gasteiger partial charge in [0.2, 0.25) is 0 Å². The van der Waals surface area contributed by atoms with Crippen molar-refractivity contribution in [3.8, 4) is 0 Å². The van der Waals surface area contributed by atoms with Gasteiger partial charge in [0.15, 0.2) is 0 Å². The van der Waals surface area contributed by atoms with Gasteiger partial charge in [0, 0.05) is 19.9 Å². The minimum atomic E-state index is 0.140. The molecule has 1 aromatic rings. The Morgan fingerprint density at radius 2 is 2.13 bits per heavy atom. The largest absolute Gasteiger partial charge is 0.396 e. The van der Waals surface area contributed by atoms with Gasteiger partial charge in [-0.2, -0.15) is 5.10 Å². The molecule has 1 saturated carbocycles. The van der Waals surface area contributed by atoms with Crippen LogP contribution in [0.4, 0.5) is 0 Å². The molecule has 0 amide bonds. The fourth-order valence-electron chi connectivity index (χ4n) is 2.69. The van der Waals surface area contributed by atoms with Crippen molar-refractivity contribution in [3.05, 3.63) is 18.0 Å². The Kier molecular flexibility index (Phi) is 3.10. The highest BCUT2D eigenvalue weighted by Crippen LogP contribution is 2.38. The molecule has 15 heavy (non-hydrogen) atoms. The van der Waals surface area contributed by atoms with Crippen molar-refractivity contribution in [2.45, 2.75) is 38.5 Å². The van der Waals surface area contributed by atoms with Crippen LogP contribution in [0.2, 0.25) is 0 Å². The maximum absolute atomic E-state index is 9.58. The van der Waals surface area contributed by atoms with E-state index in [0.29, 0.717) is 6.61 Å². The molecule has 3 nitrogen and oxygen atoms in total. The normalized spacial score (nSPS) is 20.4. The van der Waals surface area contributed by atoms with Gasteiger partial charge in [-0.15, -0.1) is 0 Å². The fourth-order valence-corrected chi connectivity index (χ4v) is 2.69. The molecule has 0 radical (unpaired) electrons. The zero-order chi connectivity index (χ0) is 10.7. The van der Waals surface area contributed by atoms with Crippen LogP contribution in [-0.4, -0.2) is 21.5 Å². The van der Waals surface area contributed by atoms with E-state index in [1.54, 1.807) is 0 Å². The van der Waals surface area contributed by atoms with Crippen molar-refractivity contribution in [1.82, 2.24) is 9.78 Å². The van der Waals surface area contributed by atoms with E-state index in [1.165, 1.54) is 37.7 Å². The van der Waals surface area contributed by atoms with Crippen LogP contribution in [-0.2, 0) is 13.5 Å². The number of aromatic nitrogens is 2. The summed E-state index contributed by atoms with van der Waals surface area (Å²) in [7, 11) is 1.94. The Morgan fingerprint density at radius 3 is 2.67 bits per heavy atom. The summed E-state index contributed by atoms with van der Waals surface area (Å²) in [5, 5.41) is 13.8. The van der Waals surface area contributed by atoms with Gasteiger partial charge in [-0.3, -0.25) is 4.68 Å². The molecule has 0 saturated heterocycles. The highest BCUT2D eigenvalue weighted by molar-refractivity contribution is 5.08. The maximum atomic E-state index is 9.58. The van der Waals surface area contributed by atoms with E-state index in [9.17, 15) is 5.11 Å². The summed E-state index contributed by atoms with van der Waals surface area (Å²) in [4.78, 5) is 0. The molecular weight excluding hydrogens is 188 g/mol. The predicted octanol–water partition coefficient (Wildman–Crippen LogP) is 1.91. The van der Waals surface area contributed by atoms with Gasteiger partial charge in [0.25, 0.3) is 0 Å². The van der Waals surface area contributed by atoms with Crippen molar-refractivity contribution in [1.29, 1.82) is 0 Å². The number of aliphatic hydroxyl groups is 1. The second kappa shape index (κ2) is 4.35. The van der Waals surface area contributed by atoms with Crippen LogP contribution in [0, 0.1) is 5.41 Å². The molecule has 0 unspecified atom stereocenters. The maximum Gasteiger partial charge on any atom is 0.0521 e. The van der Waals surface area contributed by atoms with Crippen LogP contribution in [0.3, 0.4) is 0 Å². The van der Waals surface area contributed by atoms with E-state index in [1.807, 2.05) is 17.9 Å². The second-order valence-corrected chi connectivity index (χ2v) is 4.92. The predicted molar refractivity (Wildman–Crippen MR) is 59.5 cm³/mol. The molecule has 1 heterocycles. The quantitative estimate of drug-likeness (QED) is 0.824. The lowest BCUT2D eigenvalue weighted by molar-refractivity contribution is 0.0823. The first-order chi connectivity index (χ1) is 7.24. The van der Waals surface area contributed by atoms with E-state index in [2.05, 4.69) is 11.3 Å². The minimum Gasteiger partial charge on any atom is -0.396 e. The van der Waals surface area contributed by atoms with Crippen molar-refractivity contribution >= 4 is 0 Å². The summed E-state index contributed by atoms with van der Waals surface area (Å²) >= 11 is 0. The smallest absolute Gasteiger partial charge is 0.0521 e. The first kappa shape index (κ1) is 10.7. The monoisotopic (exact) mass is 208 g/mol. The fraction of sp³-hybridized carbons (Fsp3) is 0.750. The lowest BCUT2D eigenvalue weighted by Gasteiger charge is -2.35. The molecule has 1 aliphatic carbocycles. The lowest BCUT2D eigenvalue weighted by atomic mass is 9.71. The zero-order valence-corrected chi connectivity index (χ0v) is 9.45. The number of rotatable bonds is 3. The van der Waals surface area contributed by atoms with Crippen LogP contribution in [0.15, 0.2) is 12.4 Å². The summed E-state index contributed by atoms with van der Waals surface area (Å²) in [6.07, 6.45) is 11.2. The van der Waals surface area contributed by atoms with Crippen LogP contribution < -0.4 is 0 Å². The molecule has 0 bridgehead atoms. The molecule has 1 N–H and O–H groups in total. The van der Waals surface area contributed by atoms with Gasteiger partial charge < -0.3 is 5.11 Å². The standard InChI is InChI=1S/C12H20N2O/c1-14-9-11(8-13-14)7-12(10-15)5-3-2-4-6-12/h8-9,15H,2-7,10H2,1H3. The molecule has 0 aliphatic heterocycles. The van der Waals surface area contributed by atoms with Gasteiger partial charge in [0.1, 0.15) is 0 Å². The van der Waals surface area contributed by atoms with E-state index < -0.39 is 0 Å². The van der Waals surface area contributed by atoms with E-state index in [-0.39, 0.29) is 5.41 Å². The highest BCUT2D eigenvalue weighted by Gasteiger charge is 2.31. The average Bonchev–Trinajstić information content (AvgIpc) is 2.65. The Hall–Kier alpha value is -0.830. The van der Waals surface area contributed by atoms with Gasteiger partial charge >= 0.3 is 0 Å². The third-order valence-electron chi connectivity index (χ3n) is 3.59. The van der Waals surface area contributed by atoms with Crippen LogP contribution >= 0.6 is 0 Å². The number of aliphatic hydroxyl groups excluding tert-OH is 1. The molecule has 1 aliphatic rings. The third kappa shape index (κ3) is 2.40. The topological polar surface area (TPSA) is 38.0 Å². The molecule has 2 rings (SSSR count). The molecule has 0 atom stereocenters.